The Morgan fingerprint density at radius 2 is 1.33 bits per heavy atom. The Hall–Kier alpha value is -2.92. The predicted octanol–water partition coefficient (Wildman–Crippen LogP) is 7.49. The van der Waals surface area contributed by atoms with Crippen LogP contribution in [-0.4, -0.2) is 28.7 Å². The molecular weight excluding hydrogens is 457 g/mol. The molecule has 4 fully saturated rings. The summed E-state index contributed by atoms with van der Waals surface area (Å²) < 4.78 is 41.1. The van der Waals surface area contributed by atoms with E-state index in [1.807, 2.05) is 12.1 Å². The van der Waals surface area contributed by atoms with Gasteiger partial charge in [0.05, 0.1) is 18.2 Å². The lowest BCUT2D eigenvalue weighted by Gasteiger charge is -2.60. The third kappa shape index (κ3) is 4.28. The molecule has 4 saturated heterocycles. The Morgan fingerprint density at radius 1 is 0.778 bits per heavy atom. The number of benzene rings is 3. The number of piperidine rings is 4. The van der Waals surface area contributed by atoms with E-state index in [-0.39, 0.29) is 24.1 Å². The molecule has 4 aliphatic rings. The second kappa shape index (κ2) is 9.51. The number of nitrogens with zero attached hydrogens (tertiary/aromatic N) is 2. The fraction of sp³-hybridized carbons (Fsp3) is 0.387. The van der Waals surface area contributed by atoms with Gasteiger partial charge in [-0.05, 0) is 48.4 Å². The SMILES string of the molecule is FC(F)(F)c1ccccc1CN=C1C2C[C@H]3CCC[C@@H](C2)N3C1C(c1ccccc1)c1ccccc1. The lowest BCUT2D eigenvalue weighted by molar-refractivity contribution is -0.138. The van der Waals surface area contributed by atoms with E-state index < -0.39 is 11.7 Å². The second-order valence-corrected chi connectivity index (χ2v) is 10.5. The van der Waals surface area contributed by atoms with Crippen molar-refractivity contribution in [3.8, 4) is 0 Å². The van der Waals surface area contributed by atoms with Gasteiger partial charge in [-0.15, -0.1) is 0 Å². The Morgan fingerprint density at radius 3 is 1.92 bits per heavy atom. The number of rotatable bonds is 5. The molecule has 2 nitrogen and oxygen atoms in total. The quantitative estimate of drug-likeness (QED) is 0.363. The molecular formula is C31H31F3N2. The molecule has 0 aliphatic carbocycles. The van der Waals surface area contributed by atoms with Crippen LogP contribution in [0, 0.1) is 5.92 Å². The number of halogens is 3. The van der Waals surface area contributed by atoms with E-state index in [9.17, 15) is 13.2 Å². The molecule has 0 amide bonds. The third-order valence-corrected chi connectivity index (χ3v) is 8.46. The highest BCUT2D eigenvalue weighted by Gasteiger charge is 2.53. The normalized spacial score (nSPS) is 28.6. The molecule has 4 aliphatic heterocycles. The monoisotopic (exact) mass is 488 g/mol. The maximum atomic E-state index is 13.7. The van der Waals surface area contributed by atoms with Crippen molar-refractivity contribution in [3.05, 3.63) is 107 Å². The van der Waals surface area contributed by atoms with Crippen molar-refractivity contribution in [1.29, 1.82) is 0 Å². The fourth-order valence-electron chi connectivity index (χ4n) is 7.06. The number of aliphatic imine (C=N–C) groups is 1. The summed E-state index contributed by atoms with van der Waals surface area (Å²) in [6, 6.07) is 28.2. The van der Waals surface area contributed by atoms with Crippen molar-refractivity contribution in [1.82, 2.24) is 4.90 Å². The van der Waals surface area contributed by atoms with Gasteiger partial charge in [-0.1, -0.05) is 85.3 Å². The molecule has 0 spiro atoms. The second-order valence-electron chi connectivity index (χ2n) is 10.5. The molecule has 0 aromatic heterocycles. The molecule has 186 valence electrons. The Kier molecular flexibility index (Phi) is 6.20. The van der Waals surface area contributed by atoms with E-state index in [0.717, 1.165) is 18.6 Å². The number of hydrogen-bond acceptors (Lipinski definition) is 2. The van der Waals surface area contributed by atoms with Crippen LogP contribution in [0.15, 0.2) is 89.9 Å². The zero-order valence-corrected chi connectivity index (χ0v) is 20.2. The van der Waals surface area contributed by atoms with Crippen LogP contribution in [-0.2, 0) is 12.7 Å². The largest absolute Gasteiger partial charge is 0.416 e. The Balaban J connectivity index is 1.46. The molecule has 0 N–H and O–H groups in total. The maximum Gasteiger partial charge on any atom is 0.416 e. The van der Waals surface area contributed by atoms with Crippen molar-refractivity contribution >= 4 is 5.71 Å². The fourth-order valence-corrected chi connectivity index (χ4v) is 7.06. The molecule has 5 heteroatoms. The Labute approximate surface area is 210 Å². The van der Waals surface area contributed by atoms with E-state index in [1.165, 1.54) is 42.5 Å². The van der Waals surface area contributed by atoms with Crippen molar-refractivity contribution in [2.45, 2.75) is 68.9 Å². The lowest BCUT2D eigenvalue weighted by Crippen LogP contribution is -2.67. The number of hydrogen-bond donors (Lipinski definition) is 0. The molecule has 4 heterocycles. The predicted molar refractivity (Wildman–Crippen MR) is 137 cm³/mol. The number of alkyl halides is 3. The molecule has 3 aromatic carbocycles. The van der Waals surface area contributed by atoms with Crippen molar-refractivity contribution in [2.75, 3.05) is 0 Å². The van der Waals surface area contributed by atoms with Gasteiger partial charge < -0.3 is 0 Å². The van der Waals surface area contributed by atoms with Gasteiger partial charge in [-0.2, -0.15) is 13.2 Å². The average Bonchev–Trinajstić information content (AvgIpc) is 2.89. The minimum atomic E-state index is -4.38. The van der Waals surface area contributed by atoms with Crippen molar-refractivity contribution < 1.29 is 13.2 Å². The minimum Gasteiger partial charge on any atom is -0.288 e. The van der Waals surface area contributed by atoms with Crippen molar-refractivity contribution in [2.24, 2.45) is 10.9 Å². The maximum absolute atomic E-state index is 13.7. The molecule has 3 aromatic rings. The molecule has 0 saturated carbocycles. The van der Waals surface area contributed by atoms with Crippen molar-refractivity contribution in [3.63, 3.8) is 0 Å². The summed E-state index contributed by atoms with van der Waals surface area (Å²) in [5, 5.41) is 0. The standard InChI is InChI=1S/C31H31F3N2/c32-31(33,34)27-17-8-7-14-23(27)20-35-29-24-18-25-15-9-16-26(19-24)36(25)30(29)28(21-10-3-1-4-11-21)22-12-5-2-6-13-22/h1-8,10-14,17,24-26,28,30H,9,15-16,18-20H2/t24?,25-,26+,30?. The lowest BCUT2D eigenvalue weighted by atomic mass is 9.65. The first-order chi connectivity index (χ1) is 17.5. The molecule has 3 unspecified atom stereocenters. The third-order valence-electron chi connectivity index (χ3n) is 8.46. The summed E-state index contributed by atoms with van der Waals surface area (Å²) in [5.41, 5.74) is 3.25. The van der Waals surface area contributed by atoms with E-state index >= 15 is 0 Å². The average molecular weight is 489 g/mol. The zero-order valence-electron chi connectivity index (χ0n) is 20.2. The van der Waals surface area contributed by atoms with Gasteiger partial charge >= 0.3 is 6.18 Å². The van der Waals surface area contributed by atoms with Crippen LogP contribution in [0.4, 0.5) is 13.2 Å². The minimum absolute atomic E-state index is 0.0654. The van der Waals surface area contributed by atoms with Crippen LogP contribution in [0.1, 0.15) is 60.3 Å². The van der Waals surface area contributed by atoms with Gasteiger partial charge in [0.15, 0.2) is 0 Å². The first-order valence-corrected chi connectivity index (χ1v) is 13.1. The summed E-state index contributed by atoms with van der Waals surface area (Å²) in [4.78, 5) is 7.78. The Bertz CT molecular complexity index is 1170. The highest BCUT2D eigenvalue weighted by atomic mass is 19.4. The first-order valence-electron chi connectivity index (χ1n) is 13.1. The number of fused-ring (bicyclic) bond motifs is 1. The van der Waals surface area contributed by atoms with Gasteiger partial charge in [0.1, 0.15) is 0 Å². The van der Waals surface area contributed by atoms with Crippen LogP contribution in [0.3, 0.4) is 0 Å². The summed E-state index contributed by atoms with van der Waals surface area (Å²) in [6.45, 7) is 0.0670. The topological polar surface area (TPSA) is 15.6 Å². The van der Waals surface area contributed by atoms with E-state index in [2.05, 4.69) is 53.4 Å². The van der Waals surface area contributed by atoms with Gasteiger partial charge in [-0.25, -0.2) is 0 Å². The molecule has 5 atom stereocenters. The van der Waals surface area contributed by atoms with Crippen LogP contribution in [0.2, 0.25) is 0 Å². The van der Waals surface area contributed by atoms with E-state index in [1.54, 1.807) is 12.1 Å². The molecule has 36 heavy (non-hydrogen) atoms. The summed E-state index contributed by atoms with van der Waals surface area (Å²) >= 11 is 0. The van der Waals surface area contributed by atoms with Gasteiger partial charge in [0.25, 0.3) is 0 Å². The van der Waals surface area contributed by atoms with Crippen LogP contribution in [0.5, 0.6) is 0 Å². The smallest absolute Gasteiger partial charge is 0.288 e. The van der Waals surface area contributed by atoms with Gasteiger partial charge in [0.2, 0.25) is 0 Å². The summed E-state index contributed by atoms with van der Waals surface area (Å²) in [6.07, 6.45) is 1.43. The van der Waals surface area contributed by atoms with Crippen LogP contribution < -0.4 is 0 Å². The first kappa shape index (κ1) is 23.5. The van der Waals surface area contributed by atoms with Crippen LogP contribution in [0.25, 0.3) is 0 Å². The van der Waals surface area contributed by atoms with Gasteiger partial charge in [0, 0.05) is 29.6 Å². The summed E-state index contributed by atoms with van der Waals surface area (Å²) in [7, 11) is 0. The van der Waals surface area contributed by atoms with Gasteiger partial charge in [-0.3, -0.25) is 9.89 Å². The molecule has 7 rings (SSSR count). The highest BCUT2D eigenvalue weighted by Crippen LogP contribution is 2.49. The van der Waals surface area contributed by atoms with E-state index in [0.29, 0.717) is 18.0 Å². The summed E-state index contributed by atoms with van der Waals surface area (Å²) in [5.74, 6) is 0.429. The van der Waals surface area contributed by atoms with Crippen LogP contribution >= 0.6 is 0 Å². The van der Waals surface area contributed by atoms with E-state index in [4.69, 9.17) is 4.99 Å². The molecule has 0 radical (unpaired) electrons. The highest BCUT2D eigenvalue weighted by molar-refractivity contribution is 5.95. The molecule has 4 bridgehead atoms. The zero-order chi connectivity index (χ0) is 24.7.